The Morgan fingerprint density at radius 3 is 2.33 bits per heavy atom. The summed E-state index contributed by atoms with van der Waals surface area (Å²) >= 11 is 0. The number of hydrogen-bond acceptors (Lipinski definition) is 8. The molecule has 2 fully saturated rings. The number of esters is 1. The first-order valence-corrected chi connectivity index (χ1v) is 18.5. The Morgan fingerprint density at radius 1 is 0.870 bits per heavy atom. The zero-order chi connectivity index (χ0) is 37.4. The molecule has 0 bridgehead atoms. The standard InChI is InChI=1S/C43H45F2NO8/c1-27-17-19-28(20-18-27)23-49-26-32-12-8-16-39(52-32)53-36-21-29-9-2-5-13-33(29)40(36)46-42(47)41(51-25-31-11-4-7-15-35(31)45)37-22-38(43(48)54-37)50-24-30-10-3-6-14-34(30)44/h2-7,9-11,13-15,17-20,32,36-41H,8,12,16,21-26H2,1H3,(H,46,47)/t32?,36-,37?,38+,39?,40+,41-/m1/s1. The van der Waals surface area contributed by atoms with Gasteiger partial charge in [-0.3, -0.25) is 4.79 Å². The average Bonchev–Trinajstić information content (AvgIpc) is 3.71. The maximum absolute atomic E-state index is 14.6. The van der Waals surface area contributed by atoms with Crippen LogP contribution in [0.3, 0.4) is 0 Å². The van der Waals surface area contributed by atoms with Crippen molar-refractivity contribution in [3.05, 3.63) is 142 Å². The third-order valence-electron chi connectivity index (χ3n) is 10.2. The van der Waals surface area contributed by atoms with Gasteiger partial charge in [0.05, 0.1) is 44.7 Å². The molecular formula is C43H45F2NO8. The smallest absolute Gasteiger partial charge is 0.335 e. The van der Waals surface area contributed by atoms with Crippen LogP contribution in [0.15, 0.2) is 97.1 Å². The van der Waals surface area contributed by atoms with E-state index >= 15 is 0 Å². The van der Waals surface area contributed by atoms with E-state index in [2.05, 4.69) is 36.5 Å². The fourth-order valence-corrected chi connectivity index (χ4v) is 7.22. The number of cyclic esters (lactones) is 1. The van der Waals surface area contributed by atoms with Crippen LogP contribution in [-0.4, -0.2) is 55.3 Å². The van der Waals surface area contributed by atoms with Gasteiger partial charge < -0.3 is 33.7 Å². The molecule has 1 aliphatic carbocycles. The minimum Gasteiger partial charge on any atom is -0.457 e. The van der Waals surface area contributed by atoms with Crippen molar-refractivity contribution in [1.82, 2.24) is 5.32 Å². The van der Waals surface area contributed by atoms with Gasteiger partial charge in [-0.05, 0) is 55.0 Å². The van der Waals surface area contributed by atoms with Crippen LogP contribution >= 0.6 is 0 Å². The summed E-state index contributed by atoms with van der Waals surface area (Å²) in [5.74, 6) is -2.19. The van der Waals surface area contributed by atoms with Crippen molar-refractivity contribution in [2.45, 2.75) is 102 Å². The van der Waals surface area contributed by atoms with E-state index < -0.39 is 60.3 Å². The lowest BCUT2D eigenvalue weighted by Gasteiger charge is -2.34. The zero-order valence-electron chi connectivity index (χ0n) is 30.2. The number of amides is 1. The van der Waals surface area contributed by atoms with Gasteiger partial charge in [0.1, 0.15) is 17.7 Å². The maximum atomic E-state index is 14.6. The number of rotatable bonds is 15. The molecule has 0 radical (unpaired) electrons. The average molecular weight is 742 g/mol. The Morgan fingerprint density at radius 2 is 1.57 bits per heavy atom. The number of aryl methyl sites for hydroxylation is 1. The molecule has 284 valence electrons. The molecule has 3 aliphatic rings. The maximum Gasteiger partial charge on any atom is 0.335 e. The summed E-state index contributed by atoms with van der Waals surface area (Å²) in [7, 11) is 0. The molecule has 2 heterocycles. The van der Waals surface area contributed by atoms with Gasteiger partial charge in [0.2, 0.25) is 0 Å². The van der Waals surface area contributed by atoms with Crippen molar-refractivity contribution in [3.8, 4) is 0 Å². The quantitative estimate of drug-likeness (QED) is 0.131. The Balaban J connectivity index is 1.03. The van der Waals surface area contributed by atoms with Crippen molar-refractivity contribution in [2.75, 3.05) is 6.61 Å². The summed E-state index contributed by atoms with van der Waals surface area (Å²) in [6.45, 7) is 2.57. The fraction of sp³-hybridized carbons (Fsp3) is 0.395. The number of ether oxygens (including phenoxy) is 6. The molecule has 0 spiro atoms. The largest absolute Gasteiger partial charge is 0.457 e. The first-order valence-electron chi connectivity index (χ1n) is 18.5. The predicted molar refractivity (Wildman–Crippen MR) is 194 cm³/mol. The van der Waals surface area contributed by atoms with Crippen LogP contribution in [0.5, 0.6) is 0 Å². The summed E-state index contributed by atoms with van der Waals surface area (Å²) in [6, 6.07) is 27.7. The lowest BCUT2D eigenvalue weighted by molar-refractivity contribution is -0.227. The van der Waals surface area contributed by atoms with Gasteiger partial charge in [0.25, 0.3) is 5.91 Å². The first-order chi connectivity index (χ1) is 26.3. The second-order valence-corrected chi connectivity index (χ2v) is 14.1. The molecule has 3 unspecified atom stereocenters. The number of fused-ring (bicyclic) bond motifs is 1. The molecule has 4 aromatic rings. The molecule has 7 rings (SSSR count). The van der Waals surface area contributed by atoms with Gasteiger partial charge in [-0.2, -0.15) is 0 Å². The van der Waals surface area contributed by atoms with Crippen molar-refractivity contribution in [2.24, 2.45) is 0 Å². The van der Waals surface area contributed by atoms with Gasteiger partial charge in [0, 0.05) is 24.0 Å². The van der Waals surface area contributed by atoms with E-state index in [1.807, 2.05) is 24.3 Å². The Bertz CT molecular complexity index is 1890. The van der Waals surface area contributed by atoms with Crippen LogP contribution in [0.1, 0.15) is 65.1 Å². The van der Waals surface area contributed by atoms with Gasteiger partial charge >= 0.3 is 5.97 Å². The van der Waals surface area contributed by atoms with Crippen LogP contribution in [0.2, 0.25) is 0 Å². The number of hydrogen-bond donors (Lipinski definition) is 1. The molecule has 7 atom stereocenters. The molecule has 1 amide bonds. The minimum absolute atomic E-state index is 0.0207. The van der Waals surface area contributed by atoms with Gasteiger partial charge in [-0.25, -0.2) is 13.6 Å². The summed E-state index contributed by atoms with van der Waals surface area (Å²) in [4.78, 5) is 27.2. The van der Waals surface area contributed by atoms with Gasteiger partial charge in [-0.15, -0.1) is 0 Å². The number of carbonyl (C=O) groups excluding carboxylic acids is 2. The van der Waals surface area contributed by atoms with Gasteiger partial charge in [0.15, 0.2) is 18.5 Å². The molecule has 11 heteroatoms. The van der Waals surface area contributed by atoms with E-state index in [1.54, 1.807) is 36.4 Å². The molecule has 0 aromatic heterocycles. The van der Waals surface area contributed by atoms with E-state index in [0.717, 1.165) is 29.5 Å². The SMILES string of the molecule is Cc1ccc(COCC2CCCC(O[C@@H]3Cc4ccccc4[C@@H]3NC(=O)[C@H](OCc3ccccc3F)C3C[C@H](OCc4ccccc4F)C(=O)O3)O2)cc1. The normalized spacial score (nSPS) is 24.2. The molecule has 0 saturated carbocycles. The van der Waals surface area contributed by atoms with Crippen LogP contribution in [0.25, 0.3) is 0 Å². The summed E-state index contributed by atoms with van der Waals surface area (Å²) in [5.41, 5.74) is 4.74. The molecule has 1 N–H and O–H groups in total. The molecular weight excluding hydrogens is 696 g/mol. The van der Waals surface area contributed by atoms with E-state index in [1.165, 1.54) is 17.7 Å². The number of carbonyl (C=O) groups is 2. The van der Waals surface area contributed by atoms with Crippen molar-refractivity contribution >= 4 is 11.9 Å². The third-order valence-corrected chi connectivity index (χ3v) is 10.2. The van der Waals surface area contributed by atoms with Crippen LogP contribution in [0, 0.1) is 18.6 Å². The highest BCUT2D eigenvalue weighted by Gasteiger charge is 2.45. The monoisotopic (exact) mass is 741 g/mol. The highest BCUT2D eigenvalue weighted by Crippen LogP contribution is 2.36. The molecule has 9 nitrogen and oxygen atoms in total. The third kappa shape index (κ3) is 9.40. The van der Waals surface area contributed by atoms with E-state index in [0.29, 0.717) is 26.1 Å². The minimum atomic E-state index is -1.31. The molecule has 2 aliphatic heterocycles. The van der Waals surface area contributed by atoms with Crippen LogP contribution in [0.4, 0.5) is 8.78 Å². The van der Waals surface area contributed by atoms with Crippen LogP contribution in [-0.2, 0) is 64.3 Å². The zero-order valence-corrected chi connectivity index (χ0v) is 30.2. The lowest BCUT2D eigenvalue weighted by atomic mass is 10.0. The van der Waals surface area contributed by atoms with Crippen LogP contribution < -0.4 is 5.32 Å². The Labute approximate surface area is 313 Å². The summed E-state index contributed by atoms with van der Waals surface area (Å²) in [6.07, 6.45) is -1.53. The van der Waals surface area contributed by atoms with Crippen molar-refractivity contribution in [3.63, 3.8) is 0 Å². The Hall–Kier alpha value is -4.52. The molecule has 54 heavy (non-hydrogen) atoms. The number of benzene rings is 4. The highest BCUT2D eigenvalue weighted by molar-refractivity contribution is 5.84. The van der Waals surface area contributed by atoms with Gasteiger partial charge in [-0.1, -0.05) is 90.5 Å². The molecule has 2 saturated heterocycles. The molecule has 4 aromatic carbocycles. The highest BCUT2D eigenvalue weighted by atomic mass is 19.1. The van der Waals surface area contributed by atoms with E-state index in [-0.39, 0.29) is 36.9 Å². The van der Waals surface area contributed by atoms with E-state index in [4.69, 9.17) is 28.4 Å². The van der Waals surface area contributed by atoms with Crippen molar-refractivity contribution in [1.29, 1.82) is 0 Å². The number of nitrogens with one attached hydrogen (secondary N) is 1. The first kappa shape index (κ1) is 37.8. The second-order valence-electron chi connectivity index (χ2n) is 14.1. The topological polar surface area (TPSA) is 102 Å². The fourth-order valence-electron chi connectivity index (χ4n) is 7.22. The Kier molecular flexibility index (Phi) is 12.4. The van der Waals surface area contributed by atoms with E-state index in [9.17, 15) is 18.4 Å². The predicted octanol–water partition coefficient (Wildman–Crippen LogP) is 6.97. The summed E-state index contributed by atoms with van der Waals surface area (Å²) < 4.78 is 65.4. The second kappa shape index (κ2) is 17.7. The number of halogens is 2. The van der Waals surface area contributed by atoms with Crippen molar-refractivity contribution < 1.29 is 46.8 Å². The lowest BCUT2D eigenvalue weighted by Crippen LogP contribution is -2.48. The summed E-state index contributed by atoms with van der Waals surface area (Å²) in [5, 5.41) is 3.12.